The average molecular weight is 288 g/mol. The van der Waals surface area contributed by atoms with Crippen LogP contribution in [-0.4, -0.2) is 33.5 Å². The molecule has 0 saturated heterocycles. The molecule has 0 aliphatic heterocycles. The van der Waals surface area contributed by atoms with E-state index in [1.165, 1.54) is 0 Å². The van der Waals surface area contributed by atoms with Gasteiger partial charge in [-0.1, -0.05) is 18.5 Å². The summed E-state index contributed by atoms with van der Waals surface area (Å²) in [7, 11) is 3.24. The van der Waals surface area contributed by atoms with E-state index in [9.17, 15) is 0 Å². The van der Waals surface area contributed by atoms with E-state index in [4.69, 9.17) is 25.8 Å². The van der Waals surface area contributed by atoms with Crippen molar-refractivity contribution < 1.29 is 14.2 Å². The summed E-state index contributed by atoms with van der Waals surface area (Å²) in [6.07, 6.45) is -0.0870. The van der Waals surface area contributed by atoms with Crippen LogP contribution in [0, 0.1) is 0 Å². The highest BCUT2D eigenvalue weighted by molar-refractivity contribution is 6.32. The minimum absolute atomic E-state index is 0.0870. The number of rotatable bonds is 8. The van der Waals surface area contributed by atoms with E-state index in [1.807, 2.05) is 19.1 Å². The maximum Gasteiger partial charge on any atom is 0.180 e. The molecule has 1 aromatic rings. The van der Waals surface area contributed by atoms with Gasteiger partial charge in [-0.25, -0.2) is 0 Å². The fourth-order valence-corrected chi connectivity index (χ4v) is 2.01. The first-order valence-corrected chi connectivity index (χ1v) is 6.72. The predicted octanol–water partition coefficient (Wildman–Crippen LogP) is 2.87. The lowest BCUT2D eigenvalue weighted by Crippen LogP contribution is -2.19. The van der Waals surface area contributed by atoms with E-state index >= 15 is 0 Å². The van der Waals surface area contributed by atoms with Gasteiger partial charge in [0.2, 0.25) is 0 Å². The molecule has 1 N–H and O–H groups in total. The van der Waals surface area contributed by atoms with E-state index < -0.39 is 0 Å². The van der Waals surface area contributed by atoms with Gasteiger partial charge in [0.25, 0.3) is 0 Å². The van der Waals surface area contributed by atoms with Gasteiger partial charge in [0.05, 0.1) is 18.7 Å². The highest BCUT2D eigenvalue weighted by atomic mass is 35.5. The van der Waals surface area contributed by atoms with Gasteiger partial charge in [0, 0.05) is 13.7 Å². The van der Waals surface area contributed by atoms with Gasteiger partial charge >= 0.3 is 0 Å². The molecular weight excluding hydrogens is 266 g/mol. The molecule has 108 valence electrons. The van der Waals surface area contributed by atoms with Gasteiger partial charge in [0.1, 0.15) is 6.10 Å². The fraction of sp³-hybridized carbons (Fsp3) is 0.571. The van der Waals surface area contributed by atoms with Crippen LogP contribution >= 0.6 is 11.6 Å². The maximum atomic E-state index is 6.26. The summed E-state index contributed by atoms with van der Waals surface area (Å²) < 4.78 is 16.2. The highest BCUT2D eigenvalue weighted by Gasteiger charge is 2.14. The molecule has 0 aliphatic carbocycles. The third kappa shape index (κ3) is 4.90. The van der Waals surface area contributed by atoms with Crippen LogP contribution < -0.4 is 14.8 Å². The second kappa shape index (κ2) is 8.25. The lowest BCUT2D eigenvalue weighted by atomic mass is 10.2. The normalized spacial score (nSPS) is 12.3. The van der Waals surface area contributed by atoms with Crippen molar-refractivity contribution in [2.75, 3.05) is 27.4 Å². The first-order chi connectivity index (χ1) is 9.12. The summed E-state index contributed by atoms with van der Waals surface area (Å²) in [4.78, 5) is 0. The van der Waals surface area contributed by atoms with Crippen LogP contribution in [0.15, 0.2) is 12.1 Å². The minimum Gasteiger partial charge on any atom is -0.493 e. The Bertz CT molecular complexity index is 399. The van der Waals surface area contributed by atoms with Crippen molar-refractivity contribution in [3.63, 3.8) is 0 Å². The van der Waals surface area contributed by atoms with Crippen molar-refractivity contribution in [3.8, 4) is 11.5 Å². The van der Waals surface area contributed by atoms with E-state index in [2.05, 4.69) is 12.2 Å². The fourth-order valence-electron chi connectivity index (χ4n) is 1.73. The SMILES string of the molecule is CCNCc1cc(Cl)c(OC(C)COC)c(OC)c1. The summed E-state index contributed by atoms with van der Waals surface area (Å²) >= 11 is 6.26. The molecule has 0 radical (unpaired) electrons. The summed E-state index contributed by atoms with van der Waals surface area (Å²) in [6.45, 7) is 6.14. The predicted molar refractivity (Wildman–Crippen MR) is 77.4 cm³/mol. The largest absolute Gasteiger partial charge is 0.493 e. The van der Waals surface area contributed by atoms with Crippen LogP contribution in [0.1, 0.15) is 19.4 Å². The molecule has 0 aromatic heterocycles. The van der Waals surface area contributed by atoms with Gasteiger partial charge in [-0.15, -0.1) is 0 Å². The Kier molecular flexibility index (Phi) is 6.99. The quantitative estimate of drug-likeness (QED) is 0.798. The Morgan fingerprint density at radius 2 is 2.05 bits per heavy atom. The molecule has 0 fully saturated rings. The Balaban J connectivity index is 2.91. The number of hydrogen-bond donors (Lipinski definition) is 1. The Morgan fingerprint density at radius 1 is 1.32 bits per heavy atom. The summed E-state index contributed by atoms with van der Waals surface area (Å²) in [5.74, 6) is 1.21. The molecule has 5 heteroatoms. The molecule has 1 rings (SSSR count). The molecule has 0 spiro atoms. The molecule has 19 heavy (non-hydrogen) atoms. The second-order valence-corrected chi connectivity index (χ2v) is 4.68. The number of nitrogens with one attached hydrogen (secondary N) is 1. The molecule has 4 nitrogen and oxygen atoms in total. The average Bonchev–Trinajstić information content (AvgIpc) is 2.39. The van der Waals surface area contributed by atoms with Crippen molar-refractivity contribution in [3.05, 3.63) is 22.7 Å². The van der Waals surface area contributed by atoms with Crippen molar-refractivity contribution in [1.82, 2.24) is 5.32 Å². The zero-order valence-corrected chi connectivity index (χ0v) is 12.7. The first kappa shape index (κ1) is 16.1. The molecule has 1 atom stereocenters. The van der Waals surface area contributed by atoms with Gasteiger partial charge < -0.3 is 19.5 Å². The van der Waals surface area contributed by atoms with Crippen LogP contribution in [-0.2, 0) is 11.3 Å². The van der Waals surface area contributed by atoms with Crippen molar-refractivity contribution >= 4 is 11.6 Å². The van der Waals surface area contributed by atoms with Gasteiger partial charge in [-0.2, -0.15) is 0 Å². The number of ether oxygens (including phenoxy) is 3. The van der Waals surface area contributed by atoms with Crippen LogP contribution in [0.4, 0.5) is 0 Å². The van der Waals surface area contributed by atoms with Crippen LogP contribution in [0.25, 0.3) is 0 Å². The maximum absolute atomic E-state index is 6.26. The third-order valence-corrected chi connectivity index (χ3v) is 2.87. The van der Waals surface area contributed by atoms with E-state index in [0.717, 1.165) is 18.7 Å². The molecular formula is C14H22ClNO3. The Labute approximate surface area is 120 Å². The second-order valence-electron chi connectivity index (χ2n) is 4.27. The number of halogens is 1. The van der Waals surface area contributed by atoms with Crippen molar-refractivity contribution in [1.29, 1.82) is 0 Å². The van der Waals surface area contributed by atoms with E-state index in [1.54, 1.807) is 14.2 Å². The number of benzene rings is 1. The van der Waals surface area contributed by atoms with Crippen molar-refractivity contribution in [2.24, 2.45) is 0 Å². The standard InChI is InChI=1S/C14H22ClNO3/c1-5-16-8-11-6-12(15)14(13(7-11)18-4)19-10(2)9-17-3/h6-7,10,16H,5,8-9H2,1-4H3. The van der Waals surface area contributed by atoms with Gasteiger partial charge in [-0.05, 0) is 31.2 Å². The monoisotopic (exact) mass is 287 g/mol. The first-order valence-electron chi connectivity index (χ1n) is 6.35. The molecule has 1 aromatic carbocycles. The van der Waals surface area contributed by atoms with Gasteiger partial charge in [-0.3, -0.25) is 0 Å². The summed E-state index contributed by atoms with van der Waals surface area (Å²) in [5.41, 5.74) is 1.07. The molecule has 1 unspecified atom stereocenters. The zero-order valence-electron chi connectivity index (χ0n) is 12.0. The Hall–Kier alpha value is -0.970. The topological polar surface area (TPSA) is 39.7 Å². The number of methoxy groups -OCH3 is 2. The third-order valence-electron chi connectivity index (χ3n) is 2.59. The van der Waals surface area contributed by atoms with Crippen LogP contribution in [0.5, 0.6) is 11.5 Å². The van der Waals surface area contributed by atoms with Crippen LogP contribution in [0.2, 0.25) is 5.02 Å². The molecule has 0 heterocycles. The van der Waals surface area contributed by atoms with E-state index in [0.29, 0.717) is 23.1 Å². The Morgan fingerprint density at radius 3 is 2.63 bits per heavy atom. The number of hydrogen-bond acceptors (Lipinski definition) is 4. The highest BCUT2D eigenvalue weighted by Crippen LogP contribution is 2.37. The lowest BCUT2D eigenvalue weighted by Gasteiger charge is -2.18. The summed E-state index contributed by atoms with van der Waals surface area (Å²) in [6, 6.07) is 3.82. The zero-order chi connectivity index (χ0) is 14.3. The van der Waals surface area contributed by atoms with Gasteiger partial charge in [0.15, 0.2) is 11.5 Å². The lowest BCUT2D eigenvalue weighted by molar-refractivity contribution is 0.0900. The molecule has 0 aliphatic rings. The van der Waals surface area contributed by atoms with Crippen LogP contribution in [0.3, 0.4) is 0 Å². The smallest absolute Gasteiger partial charge is 0.180 e. The summed E-state index contributed by atoms with van der Waals surface area (Å²) in [5, 5.41) is 3.80. The van der Waals surface area contributed by atoms with E-state index in [-0.39, 0.29) is 6.10 Å². The van der Waals surface area contributed by atoms with Crippen molar-refractivity contribution in [2.45, 2.75) is 26.5 Å². The molecule has 0 saturated carbocycles. The molecule has 0 amide bonds. The minimum atomic E-state index is -0.0870. The molecule has 0 bridgehead atoms.